The molecule has 0 saturated carbocycles. The number of benzene rings is 1. The van der Waals surface area contributed by atoms with Crippen molar-refractivity contribution in [3.8, 4) is 5.75 Å². The van der Waals surface area contributed by atoms with Crippen LogP contribution in [0.4, 0.5) is 10.5 Å². The summed E-state index contributed by atoms with van der Waals surface area (Å²) in [5.74, 6) is 1.48. The molecular weight excluding hydrogens is 266 g/mol. The summed E-state index contributed by atoms with van der Waals surface area (Å²) in [5, 5.41) is 6.26. The van der Waals surface area contributed by atoms with E-state index >= 15 is 0 Å². The van der Waals surface area contributed by atoms with Crippen molar-refractivity contribution < 1.29 is 9.53 Å². The van der Waals surface area contributed by atoms with Crippen molar-refractivity contribution >= 4 is 11.7 Å². The number of urea groups is 1. The fourth-order valence-corrected chi connectivity index (χ4v) is 2.57. The van der Waals surface area contributed by atoms with Crippen LogP contribution in [0, 0.1) is 5.92 Å². The van der Waals surface area contributed by atoms with Gasteiger partial charge in [0.15, 0.2) is 0 Å². The van der Waals surface area contributed by atoms with Gasteiger partial charge in [-0.05, 0) is 50.4 Å². The predicted molar refractivity (Wildman–Crippen MR) is 84.9 cm³/mol. The number of methoxy groups -OCH3 is 1. The van der Waals surface area contributed by atoms with Crippen LogP contribution in [-0.4, -0.2) is 44.7 Å². The van der Waals surface area contributed by atoms with E-state index in [2.05, 4.69) is 10.6 Å². The molecule has 5 nitrogen and oxygen atoms in total. The third-order valence-corrected chi connectivity index (χ3v) is 4.00. The van der Waals surface area contributed by atoms with Gasteiger partial charge in [-0.1, -0.05) is 6.07 Å². The molecule has 1 aromatic carbocycles. The molecule has 0 unspecified atom stereocenters. The number of nitrogens with one attached hydrogen (secondary N) is 2. The molecule has 5 heteroatoms. The minimum absolute atomic E-state index is 0.0720. The summed E-state index contributed by atoms with van der Waals surface area (Å²) in [4.78, 5) is 13.9. The number of piperidine rings is 1. The smallest absolute Gasteiger partial charge is 0.321 e. The van der Waals surface area contributed by atoms with Gasteiger partial charge < -0.3 is 20.3 Å². The Bertz CT molecular complexity index is 459. The lowest BCUT2D eigenvalue weighted by Gasteiger charge is -2.25. The van der Waals surface area contributed by atoms with Gasteiger partial charge in [0.05, 0.1) is 7.11 Å². The first-order valence-electron chi connectivity index (χ1n) is 7.56. The Morgan fingerprint density at radius 1 is 1.43 bits per heavy atom. The Morgan fingerprint density at radius 3 is 2.90 bits per heavy atom. The first kappa shape index (κ1) is 15.6. The van der Waals surface area contributed by atoms with E-state index in [4.69, 9.17) is 4.74 Å². The molecule has 1 aliphatic rings. The van der Waals surface area contributed by atoms with Gasteiger partial charge in [-0.3, -0.25) is 0 Å². The van der Waals surface area contributed by atoms with Crippen molar-refractivity contribution in [3.05, 3.63) is 24.3 Å². The van der Waals surface area contributed by atoms with Crippen LogP contribution in [0.5, 0.6) is 5.75 Å². The number of amides is 2. The van der Waals surface area contributed by atoms with E-state index in [0.717, 1.165) is 43.4 Å². The lowest BCUT2D eigenvalue weighted by molar-refractivity contribution is 0.216. The van der Waals surface area contributed by atoms with E-state index in [1.807, 2.05) is 31.3 Å². The van der Waals surface area contributed by atoms with Crippen LogP contribution >= 0.6 is 0 Å². The molecule has 21 heavy (non-hydrogen) atoms. The highest BCUT2D eigenvalue weighted by Gasteiger charge is 2.15. The van der Waals surface area contributed by atoms with Crippen LogP contribution in [0.1, 0.15) is 19.3 Å². The molecule has 0 aromatic heterocycles. The maximum atomic E-state index is 12.1. The van der Waals surface area contributed by atoms with Gasteiger partial charge in [-0.2, -0.15) is 0 Å². The van der Waals surface area contributed by atoms with E-state index < -0.39 is 0 Å². The Morgan fingerprint density at radius 2 is 2.19 bits per heavy atom. The monoisotopic (exact) mass is 291 g/mol. The summed E-state index contributed by atoms with van der Waals surface area (Å²) in [7, 11) is 3.46. The Balaban J connectivity index is 1.78. The first-order chi connectivity index (χ1) is 10.2. The number of anilines is 1. The van der Waals surface area contributed by atoms with Crippen LogP contribution in [0.2, 0.25) is 0 Å². The zero-order valence-electron chi connectivity index (χ0n) is 12.9. The minimum Gasteiger partial charge on any atom is -0.497 e. The average Bonchev–Trinajstić information content (AvgIpc) is 2.53. The highest BCUT2D eigenvalue weighted by Crippen LogP contribution is 2.18. The summed E-state index contributed by atoms with van der Waals surface area (Å²) in [6.07, 6.45) is 3.50. The Labute approximate surface area is 126 Å². The van der Waals surface area contributed by atoms with Crippen LogP contribution in [-0.2, 0) is 0 Å². The van der Waals surface area contributed by atoms with Crippen LogP contribution in [0.25, 0.3) is 0 Å². The zero-order chi connectivity index (χ0) is 15.1. The van der Waals surface area contributed by atoms with Crippen LogP contribution in [0.3, 0.4) is 0 Å². The molecule has 2 rings (SSSR count). The molecule has 2 N–H and O–H groups in total. The molecule has 0 radical (unpaired) electrons. The van der Waals surface area contributed by atoms with Crippen molar-refractivity contribution in [2.75, 3.05) is 39.1 Å². The lowest BCUT2D eigenvalue weighted by atomic mass is 9.94. The molecule has 1 fully saturated rings. The van der Waals surface area contributed by atoms with Crippen LogP contribution < -0.4 is 15.4 Å². The van der Waals surface area contributed by atoms with E-state index in [1.165, 1.54) is 12.8 Å². The third kappa shape index (κ3) is 4.93. The topological polar surface area (TPSA) is 53.6 Å². The summed E-state index contributed by atoms with van der Waals surface area (Å²) in [5.41, 5.74) is 0.757. The molecule has 1 heterocycles. The summed E-state index contributed by atoms with van der Waals surface area (Å²) >= 11 is 0. The second-order valence-corrected chi connectivity index (χ2v) is 5.57. The fourth-order valence-electron chi connectivity index (χ4n) is 2.57. The van der Waals surface area contributed by atoms with E-state index in [1.54, 1.807) is 12.0 Å². The molecular formula is C16H25N3O2. The fraction of sp³-hybridized carbons (Fsp3) is 0.562. The van der Waals surface area contributed by atoms with Gasteiger partial charge in [-0.25, -0.2) is 4.79 Å². The van der Waals surface area contributed by atoms with Gasteiger partial charge in [0.1, 0.15) is 5.75 Å². The Hall–Kier alpha value is -1.75. The van der Waals surface area contributed by atoms with E-state index in [0.29, 0.717) is 0 Å². The molecule has 0 atom stereocenters. The number of hydrogen-bond donors (Lipinski definition) is 2. The zero-order valence-corrected chi connectivity index (χ0v) is 12.9. The van der Waals surface area contributed by atoms with Crippen molar-refractivity contribution in [1.29, 1.82) is 0 Å². The normalized spacial score (nSPS) is 15.5. The van der Waals surface area contributed by atoms with Gasteiger partial charge in [0.25, 0.3) is 0 Å². The van der Waals surface area contributed by atoms with Gasteiger partial charge in [0, 0.05) is 25.3 Å². The number of ether oxygens (including phenoxy) is 1. The Kier molecular flexibility index (Phi) is 5.87. The van der Waals surface area contributed by atoms with Gasteiger partial charge >= 0.3 is 6.03 Å². The molecule has 0 spiro atoms. The molecule has 1 aromatic rings. The molecule has 116 valence electrons. The molecule has 1 saturated heterocycles. The molecule has 0 aliphatic carbocycles. The standard InChI is InChI=1S/C16H25N3O2/c1-19(11-8-13-6-9-17-10-7-13)16(20)18-14-4-3-5-15(12-14)21-2/h3-5,12-13,17H,6-11H2,1-2H3,(H,18,20). The van der Waals surface area contributed by atoms with Crippen molar-refractivity contribution in [1.82, 2.24) is 10.2 Å². The highest BCUT2D eigenvalue weighted by molar-refractivity contribution is 5.89. The quantitative estimate of drug-likeness (QED) is 0.876. The lowest BCUT2D eigenvalue weighted by Crippen LogP contribution is -2.34. The predicted octanol–water partition coefficient (Wildman–Crippen LogP) is 2.55. The van der Waals surface area contributed by atoms with Crippen LogP contribution in [0.15, 0.2) is 24.3 Å². The maximum Gasteiger partial charge on any atom is 0.321 e. The molecule has 1 aliphatic heterocycles. The first-order valence-corrected chi connectivity index (χ1v) is 7.56. The third-order valence-electron chi connectivity index (χ3n) is 4.00. The minimum atomic E-state index is -0.0720. The number of rotatable bonds is 5. The maximum absolute atomic E-state index is 12.1. The van der Waals surface area contributed by atoms with E-state index in [9.17, 15) is 4.79 Å². The van der Waals surface area contributed by atoms with E-state index in [-0.39, 0.29) is 6.03 Å². The second-order valence-electron chi connectivity index (χ2n) is 5.57. The highest BCUT2D eigenvalue weighted by atomic mass is 16.5. The molecule has 2 amide bonds. The SMILES string of the molecule is COc1cccc(NC(=O)N(C)CCC2CCNCC2)c1. The number of carbonyl (C=O) groups is 1. The van der Waals surface area contributed by atoms with Crippen molar-refractivity contribution in [2.24, 2.45) is 5.92 Å². The van der Waals surface area contributed by atoms with Crippen molar-refractivity contribution in [2.45, 2.75) is 19.3 Å². The summed E-state index contributed by atoms with van der Waals surface area (Å²) in [6.45, 7) is 3.00. The van der Waals surface area contributed by atoms with Crippen molar-refractivity contribution in [3.63, 3.8) is 0 Å². The summed E-state index contributed by atoms with van der Waals surface area (Å²) < 4.78 is 5.15. The largest absolute Gasteiger partial charge is 0.497 e. The second kappa shape index (κ2) is 7.88. The van der Waals surface area contributed by atoms with Gasteiger partial charge in [0.2, 0.25) is 0 Å². The number of nitrogens with zero attached hydrogens (tertiary/aromatic N) is 1. The summed E-state index contributed by atoms with van der Waals surface area (Å²) in [6, 6.07) is 7.33. The average molecular weight is 291 g/mol. The molecule has 0 bridgehead atoms. The number of carbonyl (C=O) groups excluding carboxylic acids is 1. The number of hydrogen-bond acceptors (Lipinski definition) is 3. The van der Waals surface area contributed by atoms with Gasteiger partial charge in [-0.15, -0.1) is 0 Å².